The van der Waals surface area contributed by atoms with E-state index in [0.717, 1.165) is 0 Å². The molecule has 2 heterocycles. The number of benzene rings is 4. The van der Waals surface area contributed by atoms with Gasteiger partial charge in [-0.1, -0.05) is 70.2 Å². The maximum absolute atomic E-state index is 2.47. The van der Waals surface area contributed by atoms with E-state index in [-0.39, 0.29) is 5.41 Å². The summed E-state index contributed by atoms with van der Waals surface area (Å²) in [6.45, 7) is 8.72. The molecule has 0 bridgehead atoms. The largest absolute Gasteiger partial charge is 0.344 e. The summed E-state index contributed by atoms with van der Waals surface area (Å²) in [6, 6.07) is 27.4. The predicted molar refractivity (Wildman–Crippen MR) is 142 cm³/mol. The Bertz CT molecular complexity index is 1680. The molecule has 2 heteroatoms. The quantitative estimate of drug-likeness (QED) is 0.225. The van der Waals surface area contributed by atoms with Crippen LogP contribution in [0.4, 0.5) is 0 Å². The smallest absolute Gasteiger partial charge is 0.0503 e. The molecule has 0 saturated heterocycles. The number of fused-ring (bicyclic) bond motifs is 9. The Balaban J connectivity index is 0.000000953. The van der Waals surface area contributed by atoms with E-state index >= 15 is 0 Å². The first-order valence-corrected chi connectivity index (χ1v) is 12.3. The number of thiophene rings is 1. The van der Waals surface area contributed by atoms with Gasteiger partial charge in [0.15, 0.2) is 0 Å². The molecule has 7 rings (SSSR count). The molecule has 0 spiro atoms. The van der Waals surface area contributed by atoms with Crippen molar-refractivity contribution in [1.29, 1.82) is 0 Å². The number of nitrogens with zero attached hydrogens (tertiary/aromatic N) is 1. The summed E-state index contributed by atoms with van der Waals surface area (Å²) < 4.78 is 5.11. The van der Waals surface area contributed by atoms with Crippen LogP contribution in [0.1, 0.15) is 38.8 Å². The Morgan fingerprint density at radius 3 is 2.16 bits per heavy atom. The van der Waals surface area contributed by atoms with Crippen LogP contribution < -0.4 is 0 Å². The molecule has 0 fully saturated rings. The molecule has 0 aliphatic heterocycles. The molecule has 6 aromatic rings. The molecule has 0 N–H and O–H groups in total. The minimum atomic E-state index is 0.0292. The third-order valence-corrected chi connectivity index (χ3v) is 8.34. The monoisotopic (exact) mass is 433 g/mol. The maximum Gasteiger partial charge on any atom is 0.0503 e. The van der Waals surface area contributed by atoms with Gasteiger partial charge < -0.3 is 4.57 Å². The van der Waals surface area contributed by atoms with Gasteiger partial charge in [-0.2, -0.15) is 0 Å². The fourth-order valence-electron chi connectivity index (χ4n) is 5.61. The van der Waals surface area contributed by atoms with Gasteiger partial charge in [0, 0.05) is 48.9 Å². The summed E-state index contributed by atoms with van der Waals surface area (Å²) in [5.41, 5.74) is 8.32. The third-order valence-electron chi connectivity index (χ3n) is 7.21. The molecule has 0 unspecified atom stereocenters. The Morgan fingerprint density at radius 1 is 0.625 bits per heavy atom. The van der Waals surface area contributed by atoms with Gasteiger partial charge in [-0.15, -0.1) is 11.3 Å². The molecule has 158 valence electrons. The lowest BCUT2D eigenvalue weighted by Gasteiger charge is -2.21. The number of hydrogen-bond donors (Lipinski definition) is 0. The molecule has 32 heavy (non-hydrogen) atoms. The van der Waals surface area contributed by atoms with Crippen LogP contribution in [0.25, 0.3) is 53.1 Å². The van der Waals surface area contributed by atoms with E-state index in [2.05, 4.69) is 98.3 Å². The average Bonchev–Trinajstić information content (AvgIpc) is 3.40. The van der Waals surface area contributed by atoms with E-state index in [9.17, 15) is 0 Å². The molecule has 4 aromatic carbocycles. The van der Waals surface area contributed by atoms with Crippen molar-refractivity contribution >= 4 is 53.3 Å². The zero-order valence-electron chi connectivity index (χ0n) is 19.3. The van der Waals surface area contributed by atoms with Gasteiger partial charge in [0.2, 0.25) is 0 Å². The fraction of sp³-hybridized carbons (Fsp3) is 0.200. The van der Waals surface area contributed by atoms with Crippen LogP contribution in [0, 0.1) is 0 Å². The fourth-order valence-corrected chi connectivity index (χ4v) is 6.73. The van der Waals surface area contributed by atoms with Crippen LogP contribution in [-0.2, 0) is 12.5 Å². The lowest BCUT2D eigenvalue weighted by atomic mass is 9.82. The van der Waals surface area contributed by atoms with Crippen molar-refractivity contribution < 1.29 is 0 Å². The zero-order chi connectivity index (χ0) is 22.2. The molecule has 1 aliphatic carbocycles. The van der Waals surface area contributed by atoms with Crippen molar-refractivity contribution in [3.8, 4) is 11.1 Å². The minimum Gasteiger partial charge on any atom is -0.344 e. The van der Waals surface area contributed by atoms with E-state index in [1.807, 2.05) is 25.2 Å². The van der Waals surface area contributed by atoms with Gasteiger partial charge >= 0.3 is 0 Å². The average molecular weight is 434 g/mol. The second kappa shape index (κ2) is 6.70. The van der Waals surface area contributed by atoms with Crippen LogP contribution in [0.2, 0.25) is 0 Å². The highest BCUT2D eigenvalue weighted by Crippen LogP contribution is 2.51. The molecule has 0 radical (unpaired) electrons. The second-order valence-electron chi connectivity index (χ2n) is 9.11. The summed E-state index contributed by atoms with van der Waals surface area (Å²) in [4.78, 5) is 0. The van der Waals surface area contributed by atoms with Gasteiger partial charge in [-0.3, -0.25) is 0 Å². The first-order valence-electron chi connectivity index (χ1n) is 11.5. The van der Waals surface area contributed by atoms with Crippen molar-refractivity contribution in [2.24, 2.45) is 7.05 Å². The maximum atomic E-state index is 2.47. The third kappa shape index (κ3) is 2.39. The topological polar surface area (TPSA) is 4.93 Å². The number of aromatic nitrogens is 1. The lowest BCUT2D eigenvalue weighted by Crippen LogP contribution is -2.14. The van der Waals surface area contributed by atoms with Crippen LogP contribution in [0.5, 0.6) is 0 Å². The van der Waals surface area contributed by atoms with Crippen molar-refractivity contribution in [2.75, 3.05) is 0 Å². The van der Waals surface area contributed by atoms with Crippen LogP contribution in [-0.4, -0.2) is 4.57 Å². The van der Waals surface area contributed by atoms with E-state index < -0.39 is 0 Å². The molecule has 1 nitrogen and oxygen atoms in total. The van der Waals surface area contributed by atoms with E-state index in [0.29, 0.717) is 0 Å². The lowest BCUT2D eigenvalue weighted by molar-refractivity contribution is 0.661. The first-order chi connectivity index (χ1) is 15.5. The van der Waals surface area contributed by atoms with Gasteiger partial charge in [-0.05, 0) is 52.6 Å². The second-order valence-corrected chi connectivity index (χ2v) is 10.2. The number of hydrogen-bond acceptors (Lipinski definition) is 1. The van der Waals surface area contributed by atoms with E-state index in [4.69, 9.17) is 0 Å². The van der Waals surface area contributed by atoms with Crippen LogP contribution in [0.15, 0.2) is 72.8 Å². The van der Waals surface area contributed by atoms with Gasteiger partial charge in [0.05, 0.1) is 5.52 Å². The summed E-state index contributed by atoms with van der Waals surface area (Å²) >= 11 is 1.89. The standard InChI is InChI=1S/C28H21NS.C2H6/c1-28(2)22-10-6-4-8-16(22)18-14-24-20(13-23(18)28)19-12-21-17-9-5-7-11-26(17)30-27(21)15-25(19)29(24)3;1-2/h4-15H,1-3H3;1-2H3. The molecular weight excluding hydrogens is 406 g/mol. The Hall–Kier alpha value is -3.10. The van der Waals surface area contributed by atoms with Crippen molar-refractivity contribution in [1.82, 2.24) is 4.57 Å². The number of rotatable bonds is 0. The highest BCUT2D eigenvalue weighted by Gasteiger charge is 2.35. The predicted octanol–water partition coefficient (Wildman–Crippen LogP) is 9.03. The molecule has 0 amide bonds. The van der Waals surface area contributed by atoms with Gasteiger partial charge in [0.25, 0.3) is 0 Å². The van der Waals surface area contributed by atoms with Crippen molar-refractivity contribution in [3.63, 3.8) is 0 Å². The van der Waals surface area contributed by atoms with Crippen molar-refractivity contribution in [2.45, 2.75) is 33.1 Å². The molecular formula is C30H27NS. The SMILES string of the molecule is CC.Cn1c2cc3c(cc2c2cc4c(cc21)sc1ccccc14)C(C)(C)c1ccccc1-3. The summed E-state index contributed by atoms with van der Waals surface area (Å²) in [5, 5.41) is 5.46. The molecule has 0 saturated carbocycles. The Kier molecular flexibility index (Phi) is 4.10. The minimum absolute atomic E-state index is 0.0292. The van der Waals surface area contributed by atoms with Gasteiger partial charge in [0.1, 0.15) is 0 Å². The summed E-state index contributed by atoms with van der Waals surface area (Å²) in [7, 11) is 2.21. The molecule has 1 aliphatic rings. The van der Waals surface area contributed by atoms with E-state index in [1.54, 1.807) is 0 Å². The molecule has 0 atom stereocenters. The Labute approximate surface area is 192 Å². The highest BCUT2D eigenvalue weighted by atomic mass is 32.1. The van der Waals surface area contributed by atoms with Crippen LogP contribution in [0.3, 0.4) is 0 Å². The summed E-state index contributed by atoms with van der Waals surface area (Å²) in [6.07, 6.45) is 0. The van der Waals surface area contributed by atoms with Crippen LogP contribution >= 0.6 is 11.3 Å². The first kappa shape index (κ1) is 19.6. The van der Waals surface area contributed by atoms with Crippen molar-refractivity contribution in [3.05, 3.63) is 83.9 Å². The molecule has 2 aromatic heterocycles. The van der Waals surface area contributed by atoms with Gasteiger partial charge in [-0.25, -0.2) is 0 Å². The van der Waals surface area contributed by atoms with E-state index in [1.165, 1.54) is 64.2 Å². The normalized spacial score (nSPS) is 14.0. The Morgan fingerprint density at radius 2 is 1.31 bits per heavy atom. The zero-order valence-corrected chi connectivity index (χ0v) is 20.1. The highest BCUT2D eigenvalue weighted by molar-refractivity contribution is 7.25. The number of aryl methyl sites for hydroxylation is 1. The summed E-state index contributed by atoms with van der Waals surface area (Å²) in [5.74, 6) is 0.